The second kappa shape index (κ2) is 7.04. The van der Waals surface area contributed by atoms with Gasteiger partial charge in [0.1, 0.15) is 0 Å². The number of rotatable bonds is 5. The number of benzene rings is 2. The van der Waals surface area contributed by atoms with Gasteiger partial charge < -0.3 is 10.1 Å². The molecule has 3 heteroatoms. The van der Waals surface area contributed by atoms with E-state index < -0.39 is 0 Å². The lowest BCUT2D eigenvalue weighted by molar-refractivity contribution is 0.0826. The fraction of sp³-hybridized carbons (Fsp3) is 0.278. The van der Waals surface area contributed by atoms with Crippen molar-refractivity contribution in [3.8, 4) is 0 Å². The molecular weight excluding hydrogens is 262 g/mol. The molecule has 0 spiro atoms. The molecule has 1 unspecified atom stereocenters. The number of hydrogen-bond acceptors (Lipinski definition) is 2. The summed E-state index contributed by atoms with van der Waals surface area (Å²) < 4.78 is 5.51. The van der Waals surface area contributed by atoms with Crippen LogP contribution in [0.1, 0.15) is 33.2 Å². The van der Waals surface area contributed by atoms with Crippen molar-refractivity contribution < 1.29 is 9.53 Å². The average molecular weight is 283 g/mol. The molecule has 1 amide bonds. The van der Waals surface area contributed by atoms with Crippen molar-refractivity contribution in [3.05, 3.63) is 70.8 Å². The third kappa shape index (κ3) is 3.92. The molecule has 2 aromatic carbocycles. The van der Waals surface area contributed by atoms with Gasteiger partial charge in [-0.3, -0.25) is 4.79 Å². The number of amides is 1. The maximum Gasteiger partial charge on any atom is 0.251 e. The first kappa shape index (κ1) is 15.3. The van der Waals surface area contributed by atoms with Gasteiger partial charge in [-0.1, -0.05) is 42.0 Å². The lowest BCUT2D eigenvalue weighted by atomic mass is 10.0. The van der Waals surface area contributed by atoms with Crippen molar-refractivity contribution in [1.82, 2.24) is 5.32 Å². The van der Waals surface area contributed by atoms with Crippen LogP contribution < -0.4 is 5.32 Å². The highest BCUT2D eigenvalue weighted by Gasteiger charge is 2.14. The topological polar surface area (TPSA) is 38.3 Å². The molecule has 110 valence electrons. The van der Waals surface area contributed by atoms with E-state index in [1.54, 1.807) is 7.11 Å². The van der Waals surface area contributed by atoms with Crippen LogP contribution in [0.5, 0.6) is 0 Å². The highest BCUT2D eigenvalue weighted by atomic mass is 16.5. The number of carbonyl (C=O) groups is 1. The minimum absolute atomic E-state index is 0.0781. The normalized spacial score (nSPS) is 12.0. The zero-order chi connectivity index (χ0) is 15.2. The van der Waals surface area contributed by atoms with Crippen LogP contribution in [-0.4, -0.2) is 19.6 Å². The van der Waals surface area contributed by atoms with Crippen LogP contribution in [-0.2, 0) is 4.74 Å². The molecule has 3 nitrogen and oxygen atoms in total. The van der Waals surface area contributed by atoms with Gasteiger partial charge in [0.2, 0.25) is 0 Å². The second-order valence-corrected chi connectivity index (χ2v) is 5.16. The molecule has 21 heavy (non-hydrogen) atoms. The zero-order valence-electron chi connectivity index (χ0n) is 12.7. The number of ether oxygens (including phenoxy) is 1. The summed E-state index contributed by atoms with van der Waals surface area (Å²) in [6.07, 6.45) is -0.138. The molecule has 0 aliphatic rings. The van der Waals surface area contributed by atoms with Gasteiger partial charge in [-0.05, 0) is 37.1 Å². The molecule has 0 bridgehead atoms. The van der Waals surface area contributed by atoms with Gasteiger partial charge in [0.15, 0.2) is 0 Å². The van der Waals surface area contributed by atoms with Crippen LogP contribution in [0.25, 0.3) is 0 Å². The molecule has 2 aromatic rings. The van der Waals surface area contributed by atoms with E-state index in [9.17, 15) is 4.79 Å². The maximum atomic E-state index is 12.1. The van der Waals surface area contributed by atoms with E-state index in [0.717, 1.165) is 16.7 Å². The summed E-state index contributed by atoms with van der Waals surface area (Å²) in [4.78, 5) is 12.1. The third-order valence-corrected chi connectivity index (χ3v) is 3.58. The predicted octanol–water partition coefficient (Wildman–Crippen LogP) is 3.42. The van der Waals surface area contributed by atoms with E-state index in [1.807, 2.05) is 62.4 Å². The van der Waals surface area contributed by atoms with Crippen molar-refractivity contribution in [2.24, 2.45) is 0 Å². The molecule has 0 aliphatic carbocycles. The van der Waals surface area contributed by atoms with Gasteiger partial charge in [-0.15, -0.1) is 0 Å². The Hall–Kier alpha value is -2.13. The lowest BCUT2D eigenvalue weighted by Gasteiger charge is -2.18. The first-order chi connectivity index (χ1) is 10.1. The van der Waals surface area contributed by atoms with Gasteiger partial charge in [0.25, 0.3) is 5.91 Å². The summed E-state index contributed by atoms with van der Waals surface area (Å²) in [6, 6.07) is 15.6. The Bertz CT molecular complexity index is 605. The minimum Gasteiger partial charge on any atom is -0.375 e. The Kier molecular flexibility index (Phi) is 5.12. The van der Waals surface area contributed by atoms with Crippen LogP contribution in [0.3, 0.4) is 0 Å². The van der Waals surface area contributed by atoms with Gasteiger partial charge in [-0.25, -0.2) is 0 Å². The predicted molar refractivity (Wildman–Crippen MR) is 84.4 cm³/mol. The number of carbonyl (C=O) groups excluding carboxylic acids is 1. The van der Waals surface area contributed by atoms with E-state index >= 15 is 0 Å². The van der Waals surface area contributed by atoms with Crippen LogP contribution in [0.4, 0.5) is 0 Å². The zero-order valence-corrected chi connectivity index (χ0v) is 12.7. The van der Waals surface area contributed by atoms with Crippen molar-refractivity contribution in [1.29, 1.82) is 0 Å². The summed E-state index contributed by atoms with van der Waals surface area (Å²) in [5.74, 6) is -0.0781. The highest BCUT2D eigenvalue weighted by Crippen LogP contribution is 2.19. The van der Waals surface area contributed by atoms with Gasteiger partial charge in [-0.2, -0.15) is 0 Å². The molecule has 2 rings (SSSR count). The van der Waals surface area contributed by atoms with Crippen molar-refractivity contribution >= 4 is 5.91 Å². The molecule has 0 aliphatic heterocycles. The molecule has 0 saturated carbocycles. The van der Waals surface area contributed by atoms with Crippen LogP contribution in [0, 0.1) is 13.8 Å². The summed E-state index contributed by atoms with van der Waals surface area (Å²) >= 11 is 0. The standard InChI is InChI=1S/C18H21NO2/c1-13-8-10-15(11-9-13)18(20)19-12-17(21-3)16-7-5-4-6-14(16)2/h4-11,17H,12H2,1-3H3,(H,19,20). The average Bonchev–Trinajstić information content (AvgIpc) is 2.50. The van der Waals surface area contributed by atoms with Crippen LogP contribution >= 0.6 is 0 Å². The number of nitrogens with one attached hydrogen (secondary N) is 1. The number of aryl methyl sites for hydroxylation is 2. The Labute approximate surface area is 126 Å². The van der Waals surface area contributed by atoms with Gasteiger partial charge in [0.05, 0.1) is 6.10 Å². The fourth-order valence-corrected chi connectivity index (χ4v) is 2.26. The molecule has 1 atom stereocenters. The molecule has 0 aromatic heterocycles. The third-order valence-electron chi connectivity index (χ3n) is 3.58. The van der Waals surface area contributed by atoms with Crippen molar-refractivity contribution in [3.63, 3.8) is 0 Å². The smallest absolute Gasteiger partial charge is 0.251 e. The molecular formula is C18H21NO2. The van der Waals surface area contributed by atoms with Crippen molar-refractivity contribution in [2.45, 2.75) is 20.0 Å². The van der Waals surface area contributed by atoms with Crippen LogP contribution in [0.15, 0.2) is 48.5 Å². The SMILES string of the molecule is COC(CNC(=O)c1ccc(C)cc1)c1ccccc1C. The molecule has 1 N–H and O–H groups in total. The lowest BCUT2D eigenvalue weighted by Crippen LogP contribution is -2.29. The van der Waals surface area contributed by atoms with E-state index in [1.165, 1.54) is 0 Å². The summed E-state index contributed by atoms with van der Waals surface area (Å²) in [7, 11) is 1.66. The molecule has 0 saturated heterocycles. The van der Waals surface area contributed by atoms with E-state index in [0.29, 0.717) is 12.1 Å². The Morgan fingerprint density at radius 3 is 2.38 bits per heavy atom. The first-order valence-electron chi connectivity index (χ1n) is 7.05. The van der Waals surface area contributed by atoms with Gasteiger partial charge in [0, 0.05) is 19.2 Å². The van der Waals surface area contributed by atoms with Gasteiger partial charge >= 0.3 is 0 Å². The van der Waals surface area contributed by atoms with E-state index in [4.69, 9.17) is 4.74 Å². The second-order valence-electron chi connectivity index (χ2n) is 5.16. The van der Waals surface area contributed by atoms with Crippen molar-refractivity contribution in [2.75, 3.05) is 13.7 Å². The fourth-order valence-electron chi connectivity index (χ4n) is 2.26. The highest BCUT2D eigenvalue weighted by molar-refractivity contribution is 5.94. The Balaban J connectivity index is 2.02. The summed E-state index contributed by atoms with van der Waals surface area (Å²) in [5, 5.41) is 2.93. The monoisotopic (exact) mass is 283 g/mol. The molecule has 0 fully saturated rings. The largest absolute Gasteiger partial charge is 0.375 e. The quantitative estimate of drug-likeness (QED) is 0.913. The Morgan fingerprint density at radius 2 is 1.76 bits per heavy atom. The summed E-state index contributed by atoms with van der Waals surface area (Å²) in [5.41, 5.74) is 4.07. The van der Waals surface area contributed by atoms with E-state index in [2.05, 4.69) is 5.32 Å². The number of hydrogen-bond donors (Lipinski definition) is 1. The molecule has 0 radical (unpaired) electrons. The minimum atomic E-state index is -0.138. The number of methoxy groups -OCH3 is 1. The summed E-state index contributed by atoms with van der Waals surface area (Å²) in [6.45, 7) is 4.50. The van der Waals surface area contributed by atoms with Crippen LogP contribution in [0.2, 0.25) is 0 Å². The van der Waals surface area contributed by atoms with E-state index in [-0.39, 0.29) is 12.0 Å². The molecule has 0 heterocycles. The Morgan fingerprint density at radius 1 is 1.10 bits per heavy atom. The maximum absolute atomic E-state index is 12.1. The first-order valence-corrected chi connectivity index (χ1v) is 7.05.